The third kappa shape index (κ3) is 10.2. The molecule has 7 rings (SSSR count). The average molecular weight is 787 g/mol. The summed E-state index contributed by atoms with van der Waals surface area (Å²) in [6, 6.07) is 14.3. The second-order valence-corrected chi connectivity index (χ2v) is 15.5. The van der Waals surface area contributed by atoms with Crippen LogP contribution in [0.1, 0.15) is 81.8 Å². The minimum atomic E-state index is -0.662. The number of imide groups is 1. The van der Waals surface area contributed by atoms with Gasteiger partial charge in [-0.1, -0.05) is 32.3 Å². The number of piperidine rings is 2. The number of rotatable bonds is 11. The number of anilines is 2. The van der Waals surface area contributed by atoms with Crippen molar-refractivity contribution in [3.05, 3.63) is 88.0 Å². The summed E-state index contributed by atoms with van der Waals surface area (Å²) in [5.74, 6) is -0.643. The Labute approximate surface area is 329 Å². The van der Waals surface area contributed by atoms with Crippen molar-refractivity contribution in [1.29, 1.82) is 5.26 Å². The number of carbonyl (C=O) groups excluding carboxylic acids is 2. The molecule has 296 valence electrons. The summed E-state index contributed by atoms with van der Waals surface area (Å²) in [6.07, 6.45) is 10.0. The molecule has 1 unspecified atom stereocenters. The standard InChI is InChI=1S/C24H27FN6O2S.C17H21FN2O2/c1-3-30(2)34-29-22-7-5-20(25)23(19(22)13-26)33-17-4-6-21-18(12-17)24(32)31(15-28-21)14-16-8-10-27-11-9-16;18-14-10-12(19-15-8-9-16(21)20-17(15)22)6-7-13(14)11-4-2-1-3-5-11/h4-7,12,15-16,27,29H,3,8-11,14H2,1-2H3;6-7,10-11,15,19H,1-5,8-9H2,(H,20,21,22). The van der Waals surface area contributed by atoms with Crippen molar-refractivity contribution in [2.75, 3.05) is 36.7 Å². The number of benzene rings is 3. The highest BCUT2D eigenvalue weighted by Gasteiger charge is 2.27. The molecule has 0 radical (unpaired) electrons. The smallest absolute Gasteiger partial charge is 0.261 e. The Kier molecular flexibility index (Phi) is 13.9. The van der Waals surface area contributed by atoms with Crippen LogP contribution in [0, 0.1) is 28.9 Å². The van der Waals surface area contributed by atoms with Crippen LogP contribution in [0.15, 0.2) is 59.7 Å². The van der Waals surface area contributed by atoms with E-state index < -0.39 is 11.9 Å². The van der Waals surface area contributed by atoms with Gasteiger partial charge in [0.15, 0.2) is 11.6 Å². The molecule has 2 amide bonds. The molecule has 3 aliphatic rings. The van der Waals surface area contributed by atoms with Crippen molar-refractivity contribution in [2.24, 2.45) is 5.92 Å². The maximum atomic E-state index is 14.7. The molecule has 1 aliphatic carbocycles. The molecule has 1 atom stereocenters. The molecule has 2 aliphatic heterocycles. The van der Waals surface area contributed by atoms with Crippen LogP contribution in [0.3, 0.4) is 0 Å². The molecule has 1 saturated carbocycles. The van der Waals surface area contributed by atoms with Crippen molar-refractivity contribution in [1.82, 2.24) is 24.5 Å². The number of halogens is 2. The monoisotopic (exact) mass is 786 g/mol. The molecule has 15 heteroatoms. The SMILES string of the molecule is CCN(C)SNc1ccc(F)c(Oc2ccc3ncn(CC4CCNCC4)c(=O)c3c2)c1C#N.O=C1CCC(Nc2ccc(C3CCCCC3)c(F)c2)C(=O)N1. The first kappa shape index (κ1) is 40.6. The minimum absolute atomic E-state index is 0.0478. The minimum Gasteiger partial charge on any atom is -0.453 e. The van der Waals surface area contributed by atoms with Gasteiger partial charge in [-0.2, -0.15) is 5.26 Å². The Bertz CT molecular complexity index is 2130. The van der Waals surface area contributed by atoms with Crippen LogP contribution in [0.2, 0.25) is 0 Å². The maximum absolute atomic E-state index is 14.7. The molecule has 3 aromatic carbocycles. The first-order valence-electron chi connectivity index (χ1n) is 19.3. The van der Waals surface area contributed by atoms with Gasteiger partial charge in [0, 0.05) is 37.3 Å². The van der Waals surface area contributed by atoms with Crippen molar-refractivity contribution >= 4 is 46.2 Å². The molecule has 4 aromatic rings. The molecule has 12 nitrogen and oxygen atoms in total. The Morgan fingerprint density at radius 3 is 2.50 bits per heavy atom. The molecule has 3 fully saturated rings. The van der Waals surface area contributed by atoms with Gasteiger partial charge in [0.05, 0.1) is 22.9 Å². The molecule has 1 aromatic heterocycles. The summed E-state index contributed by atoms with van der Waals surface area (Å²) in [5, 5.41) is 18.7. The predicted molar refractivity (Wildman–Crippen MR) is 214 cm³/mol. The van der Waals surface area contributed by atoms with Gasteiger partial charge in [-0.05, 0) is 112 Å². The number of hydrogen-bond donors (Lipinski definition) is 4. The summed E-state index contributed by atoms with van der Waals surface area (Å²) in [6.45, 7) is 5.29. The number of aromatic nitrogens is 2. The van der Waals surface area contributed by atoms with Crippen molar-refractivity contribution in [2.45, 2.75) is 83.2 Å². The fourth-order valence-electron chi connectivity index (χ4n) is 7.23. The number of nitrogens with zero attached hydrogens (tertiary/aromatic N) is 4. The van der Waals surface area contributed by atoms with E-state index in [1.807, 2.05) is 36.5 Å². The van der Waals surface area contributed by atoms with E-state index in [1.165, 1.54) is 49.6 Å². The van der Waals surface area contributed by atoms with E-state index in [0.717, 1.165) is 50.9 Å². The zero-order valence-electron chi connectivity index (χ0n) is 31.7. The average Bonchev–Trinajstić information content (AvgIpc) is 3.21. The summed E-state index contributed by atoms with van der Waals surface area (Å²) < 4.78 is 41.5. The zero-order valence-corrected chi connectivity index (χ0v) is 32.5. The second kappa shape index (κ2) is 19.2. The van der Waals surface area contributed by atoms with Crippen LogP contribution < -0.4 is 31.0 Å². The number of ether oxygens (including phenoxy) is 1. The predicted octanol–water partition coefficient (Wildman–Crippen LogP) is 7.22. The quantitative estimate of drug-likeness (QED) is 0.0901. The molecule has 0 bridgehead atoms. The first-order chi connectivity index (χ1) is 27.1. The van der Waals surface area contributed by atoms with Crippen LogP contribution >= 0.6 is 12.1 Å². The lowest BCUT2D eigenvalue weighted by atomic mass is 9.84. The van der Waals surface area contributed by atoms with E-state index in [-0.39, 0.29) is 40.3 Å². The number of carbonyl (C=O) groups is 2. The summed E-state index contributed by atoms with van der Waals surface area (Å²) in [5.41, 5.74) is 2.24. The molecular weight excluding hydrogens is 739 g/mol. The number of amides is 2. The van der Waals surface area contributed by atoms with E-state index in [2.05, 4.69) is 25.7 Å². The van der Waals surface area contributed by atoms with Crippen LogP contribution in [-0.4, -0.2) is 58.4 Å². The largest absolute Gasteiger partial charge is 0.453 e. The third-order valence-corrected chi connectivity index (χ3v) is 11.4. The van der Waals surface area contributed by atoms with E-state index in [0.29, 0.717) is 53.5 Å². The number of hydrogen-bond acceptors (Lipinski definition) is 11. The number of nitrogens with one attached hydrogen (secondary N) is 4. The lowest BCUT2D eigenvalue weighted by Crippen LogP contribution is -2.47. The maximum Gasteiger partial charge on any atom is 0.261 e. The highest BCUT2D eigenvalue weighted by Crippen LogP contribution is 2.36. The van der Waals surface area contributed by atoms with Gasteiger partial charge in [0.25, 0.3) is 5.56 Å². The van der Waals surface area contributed by atoms with Gasteiger partial charge in [-0.15, -0.1) is 0 Å². The normalized spacial score (nSPS) is 17.8. The molecular formula is C41H48F2N8O4S. The van der Waals surface area contributed by atoms with Crippen molar-refractivity contribution in [3.8, 4) is 17.6 Å². The summed E-state index contributed by atoms with van der Waals surface area (Å²) in [7, 11) is 1.89. The Hall–Kier alpha value is -5.04. The molecule has 0 spiro atoms. The lowest BCUT2D eigenvalue weighted by Gasteiger charge is -2.25. The fourth-order valence-corrected chi connectivity index (χ4v) is 7.78. The van der Waals surface area contributed by atoms with Gasteiger partial charge in [0.1, 0.15) is 29.2 Å². The van der Waals surface area contributed by atoms with E-state index in [1.54, 1.807) is 29.1 Å². The van der Waals surface area contributed by atoms with Gasteiger partial charge >= 0.3 is 0 Å². The van der Waals surface area contributed by atoms with Gasteiger partial charge < -0.3 is 20.1 Å². The molecule has 2 saturated heterocycles. The van der Waals surface area contributed by atoms with Gasteiger partial charge in [-0.25, -0.2) is 18.1 Å². The van der Waals surface area contributed by atoms with E-state index in [4.69, 9.17) is 4.74 Å². The molecule has 3 heterocycles. The summed E-state index contributed by atoms with van der Waals surface area (Å²) in [4.78, 5) is 40.4. The van der Waals surface area contributed by atoms with Crippen LogP contribution in [0.4, 0.5) is 20.2 Å². The van der Waals surface area contributed by atoms with E-state index >= 15 is 0 Å². The Balaban J connectivity index is 0.000000208. The first-order valence-corrected chi connectivity index (χ1v) is 20.0. The Morgan fingerprint density at radius 1 is 1.00 bits per heavy atom. The van der Waals surface area contributed by atoms with Crippen LogP contribution in [0.5, 0.6) is 11.5 Å². The van der Waals surface area contributed by atoms with E-state index in [9.17, 15) is 28.4 Å². The topological polar surface area (TPSA) is 153 Å². The Morgan fingerprint density at radius 2 is 1.79 bits per heavy atom. The van der Waals surface area contributed by atoms with Gasteiger partial charge in [0.2, 0.25) is 11.8 Å². The van der Waals surface area contributed by atoms with Crippen molar-refractivity contribution < 1.29 is 23.1 Å². The van der Waals surface area contributed by atoms with Crippen molar-refractivity contribution in [3.63, 3.8) is 0 Å². The molecule has 4 N–H and O–H groups in total. The van der Waals surface area contributed by atoms with Crippen LogP contribution in [-0.2, 0) is 16.1 Å². The third-order valence-electron chi connectivity index (χ3n) is 10.5. The number of fused-ring (bicyclic) bond motifs is 1. The number of nitriles is 1. The highest BCUT2D eigenvalue weighted by molar-refractivity contribution is 7.98. The van der Waals surface area contributed by atoms with Gasteiger partial charge in [-0.3, -0.25) is 24.3 Å². The fraction of sp³-hybridized carbons (Fsp3) is 0.439. The van der Waals surface area contributed by atoms with Crippen LogP contribution in [0.25, 0.3) is 10.9 Å². The summed E-state index contributed by atoms with van der Waals surface area (Å²) >= 11 is 1.30. The lowest BCUT2D eigenvalue weighted by molar-refractivity contribution is -0.133. The second-order valence-electron chi connectivity index (χ2n) is 14.4. The highest BCUT2D eigenvalue weighted by atomic mass is 32.2. The zero-order chi connectivity index (χ0) is 39.6. The molecule has 56 heavy (non-hydrogen) atoms.